The van der Waals surface area contributed by atoms with Crippen molar-refractivity contribution in [1.82, 2.24) is 10.2 Å². The molecule has 1 saturated heterocycles. The number of hydrogen-bond acceptors (Lipinski definition) is 4. The van der Waals surface area contributed by atoms with Gasteiger partial charge in [-0.2, -0.15) is 0 Å². The highest BCUT2D eigenvalue weighted by atomic mass is 16.3. The van der Waals surface area contributed by atoms with Gasteiger partial charge >= 0.3 is 0 Å². The van der Waals surface area contributed by atoms with Gasteiger partial charge in [0.25, 0.3) is 0 Å². The fourth-order valence-electron chi connectivity index (χ4n) is 3.15. The van der Waals surface area contributed by atoms with E-state index in [0.717, 1.165) is 37.3 Å². The number of aliphatic hydroxyl groups excluding tert-OH is 1. The van der Waals surface area contributed by atoms with Crippen LogP contribution in [-0.4, -0.2) is 47.3 Å². The number of phenols is 1. The van der Waals surface area contributed by atoms with Crippen molar-refractivity contribution >= 4 is 0 Å². The zero-order valence-corrected chi connectivity index (χ0v) is 14.5. The van der Waals surface area contributed by atoms with E-state index >= 15 is 0 Å². The second-order valence-electron chi connectivity index (χ2n) is 7.47. The van der Waals surface area contributed by atoms with Crippen molar-refractivity contribution in [3.63, 3.8) is 0 Å². The van der Waals surface area contributed by atoms with Crippen molar-refractivity contribution in [2.24, 2.45) is 0 Å². The zero-order valence-electron chi connectivity index (χ0n) is 14.5. The molecule has 0 amide bonds. The SMILES string of the molecule is Cc1cc(C(O)C(C)N2CCNCC2)c(O)c(C(C)(C)C)c1. The first kappa shape index (κ1) is 17.3. The highest BCUT2D eigenvalue weighted by Gasteiger charge is 2.29. The number of aryl methyl sites for hydroxylation is 1. The van der Waals surface area contributed by atoms with Crippen LogP contribution in [0.2, 0.25) is 0 Å². The minimum absolute atomic E-state index is 0.0115. The number of aliphatic hydroxyl groups is 1. The summed E-state index contributed by atoms with van der Waals surface area (Å²) < 4.78 is 0. The predicted molar refractivity (Wildman–Crippen MR) is 90.4 cm³/mol. The first-order chi connectivity index (χ1) is 10.2. The topological polar surface area (TPSA) is 55.7 Å². The summed E-state index contributed by atoms with van der Waals surface area (Å²) in [5.74, 6) is 0.243. The standard InChI is InChI=1S/C18H30N2O2/c1-12-10-14(17(22)15(11-12)18(3,4)5)16(21)13(2)20-8-6-19-7-9-20/h10-11,13,16,19,21-22H,6-9H2,1-5H3. The van der Waals surface area contributed by atoms with Crippen LogP contribution in [-0.2, 0) is 5.41 Å². The summed E-state index contributed by atoms with van der Waals surface area (Å²) in [6, 6.07) is 3.91. The first-order valence-electron chi connectivity index (χ1n) is 8.18. The van der Waals surface area contributed by atoms with Gasteiger partial charge < -0.3 is 15.5 Å². The van der Waals surface area contributed by atoms with Crippen molar-refractivity contribution in [3.8, 4) is 5.75 Å². The number of aromatic hydroxyl groups is 1. The summed E-state index contributed by atoms with van der Waals surface area (Å²) >= 11 is 0. The van der Waals surface area contributed by atoms with Gasteiger partial charge in [-0.1, -0.05) is 32.4 Å². The van der Waals surface area contributed by atoms with Gasteiger partial charge in [-0.15, -0.1) is 0 Å². The molecule has 2 unspecified atom stereocenters. The average molecular weight is 306 g/mol. The second kappa shape index (κ2) is 6.57. The van der Waals surface area contributed by atoms with E-state index in [2.05, 4.69) is 31.0 Å². The van der Waals surface area contributed by atoms with Gasteiger partial charge in [-0.05, 0) is 30.9 Å². The van der Waals surface area contributed by atoms with Gasteiger partial charge in [0.05, 0.1) is 6.10 Å². The lowest BCUT2D eigenvalue weighted by Gasteiger charge is -2.36. The van der Waals surface area contributed by atoms with Gasteiger partial charge in [0.1, 0.15) is 5.75 Å². The maximum Gasteiger partial charge on any atom is 0.125 e. The van der Waals surface area contributed by atoms with Crippen LogP contribution in [0.1, 0.15) is 50.5 Å². The molecule has 1 aromatic carbocycles. The van der Waals surface area contributed by atoms with Gasteiger partial charge in [0, 0.05) is 37.8 Å². The van der Waals surface area contributed by atoms with E-state index in [1.54, 1.807) is 0 Å². The Kier molecular flexibility index (Phi) is 5.15. The highest BCUT2D eigenvalue weighted by molar-refractivity contribution is 5.48. The number of benzene rings is 1. The Balaban J connectivity index is 2.32. The monoisotopic (exact) mass is 306 g/mol. The van der Waals surface area contributed by atoms with Crippen LogP contribution in [0.3, 0.4) is 0 Å². The van der Waals surface area contributed by atoms with Crippen molar-refractivity contribution in [2.45, 2.75) is 52.2 Å². The molecule has 22 heavy (non-hydrogen) atoms. The first-order valence-corrected chi connectivity index (χ1v) is 8.18. The molecule has 0 aromatic heterocycles. The third-order valence-electron chi connectivity index (χ3n) is 4.59. The van der Waals surface area contributed by atoms with Crippen LogP contribution >= 0.6 is 0 Å². The molecule has 1 aliphatic heterocycles. The molecule has 124 valence electrons. The van der Waals surface area contributed by atoms with Gasteiger partial charge in [-0.25, -0.2) is 0 Å². The summed E-state index contributed by atoms with van der Waals surface area (Å²) in [6.45, 7) is 14.0. The molecule has 3 N–H and O–H groups in total. The molecule has 0 bridgehead atoms. The quantitative estimate of drug-likeness (QED) is 0.802. The third-order valence-corrected chi connectivity index (χ3v) is 4.59. The van der Waals surface area contributed by atoms with E-state index in [1.165, 1.54) is 0 Å². The predicted octanol–water partition coefficient (Wildman–Crippen LogP) is 2.33. The molecular formula is C18H30N2O2. The molecule has 4 nitrogen and oxygen atoms in total. The molecular weight excluding hydrogens is 276 g/mol. The minimum atomic E-state index is -0.681. The molecule has 1 aromatic rings. The largest absolute Gasteiger partial charge is 0.507 e. The molecule has 2 rings (SSSR count). The van der Waals surface area contributed by atoms with E-state index in [4.69, 9.17) is 0 Å². The maximum absolute atomic E-state index is 10.8. The van der Waals surface area contributed by atoms with Crippen LogP contribution in [0.15, 0.2) is 12.1 Å². The van der Waals surface area contributed by atoms with Crippen LogP contribution in [0.25, 0.3) is 0 Å². The fourth-order valence-corrected chi connectivity index (χ4v) is 3.15. The summed E-state index contributed by atoms with van der Waals surface area (Å²) in [7, 11) is 0. The number of piperazine rings is 1. The number of hydrogen-bond donors (Lipinski definition) is 3. The van der Waals surface area contributed by atoms with Crippen LogP contribution in [0, 0.1) is 6.92 Å². The lowest BCUT2D eigenvalue weighted by atomic mass is 9.83. The molecule has 0 radical (unpaired) electrons. The average Bonchev–Trinajstić information content (AvgIpc) is 2.47. The molecule has 1 heterocycles. The number of phenolic OH excluding ortho intramolecular Hbond substituents is 1. The Hall–Kier alpha value is -1.10. The lowest BCUT2D eigenvalue weighted by Crippen LogP contribution is -2.49. The maximum atomic E-state index is 10.8. The lowest BCUT2D eigenvalue weighted by molar-refractivity contribution is 0.0493. The van der Waals surface area contributed by atoms with E-state index in [-0.39, 0.29) is 17.2 Å². The van der Waals surface area contributed by atoms with E-state index in [1.807, 2.05) is 26.0 Å². The minimum Gasteiger partial charge on any atom is -0.507 e. The Morgan fingerprint density at radius 2 is 1.77 bits per heavy atom. The second-order valence-corrected chi connectivity index (χ2v) is 7.47. The molecule has 4 heteroatoms. The Morgan fingerprint density at radius 1 is 1.18 bits per heavy atom. The summed E-state index contributed by atoms with van der Waals surface area (Å²) in [6.07, 6.45) is -0.681. The van der Waals surface area contributed by atoms with Crippen molar-refractivity contribution < 1.29 is 10.2 Å². The van der Waals surface area contributed by atoms with E-state index in [9.17, 15) is 10.2 Å². The van der Waals surface area contributed by atoms with Crippen molar-refractivity contribution in [3.05, 3.63) is 28.8 Å². The number of nitrogens with zero attached hydrogens (tertiary/aromatic N) is 1. The summed E-state index contributed by atoms with van der Waals surface area (Å²) in [4.78, 5) is 2.28. The van der Waals surface area contributed by atoms with E-state index < -0.39 is 6.10 Å². The third kappa shape index (κ3) is 3.62. The number of rotatable bonds is 3. The van der Waals surface area contributed by atoms with Crippen LogP contribution in [0.5, 0.6) is 5.75 Å². The van der Waals surface area contributed by atoms with Gasteiger partial charge in [0.15, 0.2) is 0 Å². The van der Waals surface area contributed by atoms with E-state index in [0.29, 0.717) is 5.56 Å². The number of nitrogens with one attached hydrogen (secondary N) is 1. The fraction of sp³-hybridized carbons (Fsp3) is 0.667. The van der Waals surface area contributed by atoms with Crippen LogP contribution in [0.4, 0.5) is 0 Å². The summed E-state index contributed by atoms with van der Waals surface area (Å²) in [5.41, 5.74) is 2.47. The van der Waals surface area contributed by atoms with Crippen LogP contribution < -0.4 is 5.32 Å². The summed E-state index contributed by atoms with van der Waals surface area (Å²) in [5, 5.41) is 24.8. The van der Waals surface area contributed by atoms with Gasteiger partial charge in [-0.3, -0.25) is 4.90 Å². The smallest absolute Gasteiger partial charge is 0.125 e. The zero-order chi connectivity index (χ0) is 16.5. The van der Waals surface area contributed by atoms with Crippen molar-refractivity contribution in [2.75, 3.05) is 26.2 Å². The normalized spacial score (nSPS) is 19.9. The molecule has 0 aliphatic carbocycles. The molecule has 2 atom stereocenters. The molecule has 1 fully saturated rings. The van der Waals surface area contributed by atoms with Gasteiger partial charge in [0.2, 0.25) is 0 Å². The molecule has 0 spiro atoms. The Labute approximate surface area is 134 Å². The Morgan fingerprint density at radius 3 is 2.32 bits per heavy atom. The van der Waals surface area contributed by atoms with Crippen molar-refractivity contribution in [1.29, 1.82) is 0 Å². The Bertz CT molecular complexity index is 517. The molecule has 1 aliphatic rings. The highest BCUT2D eigenvalue weighted by Crippen LogP contribution is 2.38. The molecule has 0 saturated carbocycles.